The number of allylic oxidation sites excluding steroid dienone is 2. The lowest BCUT2D eigenvalue weighted by Gasteiger charge is -2.32. The van der Waals surface area contributed by atoms with Crippen molar-refractivity contribution in [1.29, 1.82) is 0 Å². The van der Waals surface area contributed by atoms with Crippen molar-refractivity contribution in [2.75, 3.05) is 0 Å². The smallest absolute Gasteiger partial charge is 0.172 e. The lowest BCUT2D eigenvalue weighted by molar-refractivity contribution is -0.117. The Kier molecular flexibility index (Phi) is 3.99. The number of hydrogen-bond donors (Lipinski definition) is 1. The van der Waals surface area contributed by atoms with Gasteiger partial charge in [-0.2, -0.15) is 0 Å². The van der Waals surface area contributed by atoms with E-state index in [9.17, 15) is 4.79 Å². The Morgan fingerprint density at radius 2 is 2.07 bits per heavy atom. The Hall–Kier alpha value is -0.310. The molecule has 1 aliphatic carbocycles. The first-order chi connectivity index (χ1) is 6.85. The zero-order chi connectivity index (χ0) is 11.6. The molecule has 0 aromatic heterocycles. The van der Waals surface area contributed by atoms with Crippen LogP contribution >= 0.6 is 15.9 Å². The van der Waals surface area contributed by atoms with Gasteiger partial charge in [-0.3, -0.25) is 4.79 Å². The number of halogens is 1. The highest BCUT2D eigenvalue weighted by atomic mass is 79.9. The van der Waals surface area contributed by atoms with Crippen LogP contribution in [0.2, 0.25) is 0 Å². The molecule has 0 bridgehead atoms. The van der Waals surface area contributed by atoms with E-state index in [0.717, 1.165) is 23.0 Å². The minimum Gasteiger partial charge on any atom is -0.385 e. The fourth-order valence-corrected chi connectivity index (χ4v) is 2.21. The van der Waals surface area contributed by atoms with Crippen LogP contribution in [-0.2, 0) is 4.79 Å². The van der Waals surface area contributed by atoms with Crippen molar-refractivity contribution in [2.24, 2.45) is 5.41 Å². The van der Waals surface area contributed by atoms with E-state index in [-0.39, 0.29) is 11.2 Å². The quantitative estimate of drug-likeness (QED) is 0.854. The third-order valence-corrected chi connectivity index (χ3v) is 3.76. The van der Waals surface area contributed by atoms with Crippen LogP contribution in [0.5, 0.6) is 0 Å². The molecule has 0 saturated carbocycles. The van der Waals surface area contributed by atoms with Crippen molar-refractivity contribution in [3.8, 4) is 0 Å². The maximum atomic E-state index is 11.7. The molecule has 0 amide bonds. The lowest BCUT2D eigenvalue weighted by atomic mass is 9.78. The molecule has 1 aliphatic rings. The summed E-state index contributed by atoms with van der Waals surface area (Å²) < 4.78 is 0.752. The summed E-state index contributed by atoms with van der Waals surface area (Å²) in [5.41, 5.74) is 1.16. The number of hydrogen-bond acceptors (Lipinski definition) is 2. The second kappa shape index (κ2) is 4.69. The fraction of sp³-hybridized carbons (Fsp3) is 0.750. The number of Topliss-reactive ketones (excluding diaryl/α,β-unsaturated/α-hetero) is 1. The van der Waals surface area contributed by atoms with E-state index in [0.29, 0.717) is 12.5 Å². The molecule has 15 heavy (non-hydrogen) atoms. The average Bonchev–Trinajstić information content (AvgIpc) is 2.12. The Labute approximate surface area is 101 Å². The van der Waals surface area contributed by atoms with Crippen molar-refractivity contribution in [3.63, 3.8) is 0 Å². The molecule has 0 radical (unpaired) electrons. The summed E-state index contributed by atoms with van der Waals surface area (Å²) in [6, 6.07) is 0.425. The molecular formula is C12H20BrNO. The fourth-order valence-electron chi connectivity index (χ4n) is 1.81. The van der Waals surface area contributed by atoms with Crippen LogP contribution in [0.3, 0.4) is 0 Å². The molecule has 1 N–H and O–H groups in total. The zero-order valence-corrected chi connectivity index (χ0v) is 11.6. The molecule has 1 rings (SSSR count). The summed E-state index contributed by atoms with van der Waals surface area (Å²) >= 11 is 3.40. The normalized spacial score (nSPS) is 22.9. The van der Waals surface area contributed by atoms with Gasteiger partial charge in [-0.05, 0) is 41.1 Å². The summed E-state index contributed by atoms with van der Waals surface area (Å²) in [6.07, 6.45) is 2.65. The van der Waals surface area contributed by atoms with Gasteiger partial charge in [0.25, 0.3) is 0 Å². The molecule has 0 aliphatic heterocycles. The first kappa shape index (κ1) is 12.8. The monoisotopic (exact) mass is 273 g/mol. The predicted molar refractivity (Wildman–Crippen MR) is 66.9 cm³/mol. The minimum absolute atomic E-state index is 0.0874. The van der Waals surface area contributed by atoms with Gasteiger partial charge >= 0.3 is 0 Å². The Balaban J connectivity index is 2.84. The summed E-state index contributed by atoms with van der Waals surface area (Å²) in [5.74, 6) is 0.219. The van der Waals surface area contributed by atoms with E-state index in [1.165, 1.54) is 0 Å². The third-order valence-electron chi connectivity index (χ3n) is 2.84. The van der Waals surface area contributed by atoms with Crippen LogP contribution in [-0.4, -0.2) is 11.8 Å². The highest BCUT2D eigenvalue weighted by Crippen LogP contribution is 2.37. The van der Waals surface area contributed by atoms with E-state index in [1.54, 1.807) is 0 Å². The number of carbonyl (C=O) groups excluding carboxylic acids is 1. The number of carbonyl (C=O) groups is 1. The van der Waals surface area contributed by atoms with Crippen molar-refractivity contribution in [1.82, 2.24) is 5.32 Å². The molecule has 2 nitrogen and oxygen atoms in total. The van der Waals surface area contributed by atoms with Crippen LogP contribution in [0.4, 0.5) is 0 Å². The summed E-state index contributed by atoms with van der Waals surface area (Å²) in [4.78, 5) is 11.7. The van der Waals surface area contributed by atoms with Crippen molar-refractivity contribution in [2.45, 2.75) is 53.0 Å². The summed E-state index contributed by atoms with van der Waals surface area (Å²) in [7, 11) is 0. The molecule has 86 valence electrons. The molecule has 0 aromatic carbocycles. The van der Waals surface area contributed by atoms with E-state index in [4.69, 9.17) is 0 Å². The topological polar surface area (TPSA) is 29.1 Å². The number of nitrogens with one attached hydrogen (secondary N) is 1. The molecule has 3 heteroatoms. The van der Waals surface area contributed by atoms with Crippen molar-refractivity contribution >= 4 is 21.7 Å². The van der Waals surface area contributed by atoms with Crippen LogP contribution in [0.1, 0.15) is 47.0 Å². The molecule has 0 saturated heterocycles. The molecule has 0 aromatic rings. The predicted octanol–water partition coefficient (Wildman–Crippen LogP) is 3.37. The van der Waals surface area contributed by atoms with Gasteiger partial charge in [0.05, 0.1) is 4.48 Å². The zero-order valence-electron chi connectivity index (χ0n) is 9.98. The van der Waals surface area contributed by atoms with E-state index < -0.39 is 0 Å². The molecule has 1 atom stereocenters. The summed E-state index contributed by atoms with van der Waals surface area (Å²) in [6.45, 7) is 8.56. The second-order valence-electron chi connectivity index (χ2n) is 5.19. The first-order valence-electron chi connectivity index (χ1n) is 5.54. The molecule has 1 unspecified atom stereocenters. The van der Waals surface area contributed by atoms with Gasteiger partial charge in [-0.1, -0.05) is 20.8 Å². The number of ketones is 1. The second-order valence-corrected chi connectivity index (χ2v) is 5.98. The number of rotatable bonds is 3. The van der Waals surface area contributed by atoms with Crippen LogP contribution in [0.25, 0.3) is 0 Å². The SMILES string of the molecule is CCC(C)NC1=C(Br)C(=O)CC(C)(C)C1. The van der Waals surface area contributed by atoms with Crippen LogP contribution in [0, 0.1) is 5.41 Å². The first-order valence-corrected chi connectivity index (χ1v) is 6.33. The summed E-state index contributed by atoms with van der Waals surface area (Å²) in [5, 5.41) is 3.42. The highest BCUT2D eigenvalue weighted by molar-refractivity contribution is 9.12. The van der Waals surface area contributed by atoms with Gasteiger partial charge < -0.3 is 5.32 Å². The van der Waals surface area contributed by atoms with Gasteiger partial charge in [0, 0.05) is 18.2 Å². The Bertz CT molecular complexity index is 294. The molecule has 0 heterocycles. The third kappa shape index (κ3) is 3.33. The standard InChI is InChI=1S/C12H20BrNO/c1-5-8(2)14-9-6-12(3,4)7-10(15)11(9)13/h8,14H,5-7H2,1-4H3. The molecule has 0 spiro atoms. The maximum absolute atomic E-state index is 11.7. The highest BCUT2D eigenvalue weighted by Gasteiger charge is 2.32. The van der Waals surface area contributed by atoms with Gasteiger partial charge in [0.1, 0.15) is 0 Å². The lowest BCUT2D eigenvalue weighted by Crippen LogP contribution is -2.33. The maximum Gasteiger partial charge on any atom is 0.172 e. The molecule has 0 fully saturated rings. The van der Waals surface area contributed by atoms with E-state index in [2.05, 4.69) is 48.9 Å². The Morgan fingerprint density at radius 3 is 2.60 bits per heavy atom. The van der Waals surface area contributed by atoms with Crippen molar-refractivity contribution < 1.29 is 4.79 Å². The molecular weight excluding hydrogens is 254 g/mol. The van der Waals surface area contributed by atoms with Gasteiger partial charge in [0.15, 0.2) is 5.78 Å². The average molecular weight is 274 g/mol. The van der Waals surface area contributed by atoms with Gasteiger partial charge in [0.2, 0.25) is 0 Å². The van der Waals surface area contributed by atoms with Crippen LogP contribution in [0.15, 0.2) is 10.2 Å². The minimum atomic E-state index is 0.0874. The van der Waals surface area contributed by atoms with Gasteiger partial charge in [-0.15, -0.1) is 0 Å². The van der Waals surface area contributed by atoms with E-state index >= 15 is 0 Å². The largest absolute Gasteiger partial charge is 0.385 e. The van der Waals surface area contributed by atoms with E-state index in [1.807, 2.05) is 0 Å². The Morgan fingerprint density at radius 1 is 1.47 bits per heavy atom. The van der Waals surface area contributed by atoms with Crippen LogP contribution < -0.4 is 5.32 Å². The van der Waals surface area contributed by atoms with Crippen molar-refractivity contribution in [3.05, 3.63) is 10.2 Å². The van der Waals surface area contributed by atoms with Gasteiger partial charge in [-0.25, -0.2) is 0 Å².